The zero-order valence-electron chi connectivity index (χ0n) is 16.9. The second kappa shape index (κ2) is 8.05. The molecule has 0 spiro atoms. The van der Waals surface area contributed by atoms with E-state index in [2.05, 4.69) is 30.6 Å². The van der Waals surface area contributed by atoms with Crippen LogP contribution in [0.5, 0.6) is 0 Å². The van der Waals surface area contributed by atoms with E-state index in [9.17, 15) is 20.1 Å². The second-order valence-corrected chi connectivity index (χ2v) is 7.96. The number of fused-ring (bicyclic) bond motifs is 1. The molecule has 14 nitrogen and oxygen atoms in total. The number of carbonyl (C=O) groups excluding carboxylic acids is 1. The van der Waals surface area contributed by atoms with E-state index in [0.717, 1.165) is 25.7 Å². The Balaban J connectivity index is 1.61. The average Bonchev–Trinajstić information content (AvgIpc) is 3.56. The van der Waals surface area contributed by atoms with Crippen molar-refractivity contribution in [1.29, 1.82) is 0 Å². The van der Waals surface area contributed by atoms with Crippen LogP contribution in [0.2, 0.25) is 0 Å². The highest BCUT2D eigenvalue weighted by Crippen LogP contribution is 2.33. The lowest BCUT2D eigenvalue weighted by molar-refractivity contribution is -0.0511. The van der Waals surface area contributed by atoms with Crippen molar-refractivity contribution in [3.8, 4) is 5.95 Å². The number of aliphatic hydroxyl groups excluding tert-OH is 3. The summed E-state index contributed by atoms with van der Waals surface area (Å²) in [6.07, 6.45) is 2.41. The number of aromatic nitrogens is 7. The molecule has 0 radical (unpaired) electrons. The average molecular weight is 445 g/mol. The van der Waals surface area contributed by atoms with Crippen molar-refractivity contribution >= 4 is 22.9 Å². The molecule has 32 heavy (non-hydrogen) atoms. The third kappa shape index (κ3) is 3.46. The normalized spacial score (nSPS) is 26.2. The summed E-state index contributed by atoms with van der Waals surface area (Å²) in [4.78, 5) is 24.8. The van der Waals surface area contributed by atoms with Crippen LogP contribution in [0.15, 0.2) is 12.5 Å². The van der Waals surface area contributed by atoms with Gasteiger partial charge in [-0.1, -0.05) is 18.1 Å². The van der Waals surface area contributed by atoms with Crippen molar-refractivity contribution in [2.24, 2.45) is 5.73 Å². The zero-order valence-corrected chi connectivity index (χ0v) is 16.9. The Labute approximate surface area is 181 Å². The van der Waals surface area contributed by atoms with Gasteiger partial charge in [0.05, 0.1) is 19.1 Å². The van der Waals surface area contributed by atoms with Crippen molar-refractivity contribution in [2.45, 2.75) is 56.3 Å². The molecular weight excluding hydrogens is 422 g/mol. The summed E-state index contributed by atoms with van der Waals surface area (Å²) in [5, 5.41) is 41.0. The molecule has 2 aliphatic rings. The van der Waals surface area contributed by atoms with Crippen LogP contribution in [0.25, 0.3) is 17.1 Å². The molecule has 3 aromatic rings. The highest BCUT2D eigenvalue weighted by atomic mass is 16.6. The van der Waals surface area contributed by atoms with Crippen LogP contribution in [0.3, 0.4) is 0 Å². The summed E-state index contributed by atoms with van der Waals surface area (Å²) in [5.41, 5.74) is 5.97. The van der Waals surface area contributed by atoms with Crippen LogP contribution in [0.1, 0.15) is 42.4 Å². The molecule has 5 rings (SSSR count). The minimum atomic E-state index is -1.30. The molecule has 1 saturated carbocycles. The Morgan fingerprint density at radius 1 is 1.25 bits per heavy atom. The van der Waals surface area contributed by atoms with E-state index in [1.165, 1.54) is 21.8 Å². The van der Waals surface area contributed by atoms with E-state index in [0.29, 0.717) is 17.0 Å². The lowest BCUT2D eigenvalue weighted by Crippen LogP contribution is -2.33. The molecule has 14 heteroatoms. The van der Waals surface area contributed by atoms with Gasteiger partial charge in [0.1, 0.15) is 18.3 Å². The Morgan fingerprint density at radius 2 is 2.03 bits per heavy atom. The van der Waals surface area contributed by atoms with Crippen LogP contribution in [0.4, 0.5) is 5.82 Å². The number of amides is 1. The van der Waals surface area contributed by atoms with Gasteiger partial charge in [-0.2, -0.15) is 14.6 Å². The van der Waals surface area contributed by atoms with Gasteiger partial charge in [-0.25, -0.2) is 4.98 Å². The number of nitrogens with zero attached hydrogens (tertiary/aromatic N) is 7. The largest absolute Gasteiger partial charge is 0.394 e. The molecule has 170 valence electrons. The van der Waals surface area contributed by atoms with Crippen LogP contribution in [-0.4, -0.2) is 86.7 Å². The molecule has 6 N–H and O–H groups in total. The zero-order chi connectivity index (χ0) is 22.4. The number of rotatable bonds is 6. The third-order valence-corrected chi connectivity index (χ3v) is 5.85. The molecule has 1 aliphatic heterocycles. The fraction of sp³-hybridized carbons (Fsp3) is 0.556. The van der Waals surface area contributed by atoms with E-state index in [1.807, 2.05) is 0 Å². The van der Waals surface area contributed by atoms with E-state index < -0.39 is 37.1 Å². The quantitative estimate of drug-likeness (QED) is 0.295. The minimum absolute atomic E-state index is 0.0454. The summed E-state index contributed by atoms with van der Waals surface area (Å²) in [5.74, 6) is -0.178. The maximum Gasteiger partial charge on any atom is 0.270 e. The Morgan fingerprint density at radius 3 is 2.69 bits per heavy atom. The van der Waals surface area contributed by atoms with Gasteiger partial charge in [0.15, 0.2) is 28.9 Å². The fourth-order valence-electron chi connectivity index (χ4n) is 4.14. The molecule has 3 aromatic heterocycles. The number of nitrogens with two attached hydrogens (primary N) is 1. The standard InChI is InChI=1S/C18H23N9O5/c19-14(31)9-5-27(25-24-9)18-22-15(21-8-3-1-2-4-8)11-16(23-18)26(7-20-11)17-13(30)12(29)10(6-28)32-17/h5,7-8,10,12-13,17,28-30H,1-4,6H2,(H2,19,31)(H,21,22,23). The van der Waals surface area contributed by atoms with Crippen molar-refractivity contribution in [3.05, 3.63) is 18.2 Å². The van der Waals surface area contributed by atoms with Crippen LogP contribution >= 0.6 is 0 Å². The number of anilines is 1. The number of ether oxygens (including phenoxy) is 1. The fourth-order valence-corrected chi connectivity index (χ4v) is 4.14. The van der Waals surface area contributed by atoms with Crippen LogP contribution in [-0.2, 0) is 4.74 Å². The molecular formula is C18H23N9O5. The summed E-state index contributed by atoms with van der Waals surface area (Å²) in [7, 11) is 0. The van der Waals surface area contributed by atoms with Gasteiger partial charge in [-0.15, -0.1) is 5.10 Å². The predicted octanol–water partition coefficient (Wildman–Crippen LogP) is -1.53. The Bertz CT molecular complexity index is 1140. The van der Waals surface area contributed by atoms with Crippen LogP contribution in [0, 0.1) is 0 Å². The summed E-state index contributed by atoms with van der Waals surface area (Å²) >= 11 is 0. The lowest BCUT2D eigenvalue weighted by atomic mass is 10.1. The van der Waals surface area contributed by atoms with Gasteiger partial charge in [-0.05, 0) is 12.8 Å². The van der Waals surface area contributed by atoms with Crippen LogP contribution < -0.4 is 11.1 Å². The molecule has 4 heterocycles. The molecule has 4 unspecified atom stereocenters. The third-order valence-electron chi connectivity index (χ3n) is 5.85. The van der Waals surface area contributed by atoms with Crippen molar-refractivity contribution in [1.82, 2.24) is 34.5 Å². The molecule has 0 bridgehead atoms. The van der Waals surface area contributed by atoms with Gasteiger partial charge in [0.2, 0.25) is 0 Å². The van der Waals surface area contributed by atoms with Gasteiger partial charge in [-0.3, -0.25) is 9.36 Å². The first-order valence-corrected chi connectivity index (χ1v) is 10.3. The number of primary amides is 1. The molecule has 1 saturated heterocycles. The first-order chi connectivity index (χ1) is 15.5. The number of aliphatic hydroxyl groups is 3. The summed E-state index contributed by atoms with van der Waals surface area (Å²) in [6, 6.07) is 0.219. The Kier molecular flexibility index (Phi) is 5.21. The number of hydrogen-bond acceptors (Lipinski definition) is 11. The van der Waals surface area contributed by atoms with Gasteiger partial charge >= 0.3 is 0 Å². The molecule has 4 atom stereocenters. The maximum atomic E-state index is 11.4. The van der Waals surface area contributed by atoms with E-state index in [-0.39, 0.29) is 17.7 Å². The number of nitrogens with one attached hydrogen (secondary N) is 1. The minimum Gasteiger partial charge on any atom is -0.394 e. The smallest absolute Gasteiger partial charge is 0.270 e. The summed E-state index contributed by atoms with van der Waals surface area (Å²) < 4.78 is 8.32. The van der Waals surface area contributed by atoms with E-state index in [4.69, 9.17) is 10.5 Å². The van der Waals surface area contributed by atoms with Gasteiger partial charge < -0.3 is 31.1 Å². The van der Waals surface area contributed by atoms with Gasteiger partial charge in [0, 0.05) is 6.04 Å². The second-order valence-electron chi connectivity index (χ2n) is 7.96. The first-order valence-electron chi connectivity index (χ1n) is 10.3. The van der Waals surface area contributed by atoms with Crippen molar-refractivity contribution in [2.75, 3.05) is 11.9 Å². The molecule has 0 aromatic carbocycles. The first kappa shape index (κ1) is 20.7. The molecule has 2 fully saturated rings. The highest BCUT2D eigenvalue weighted by molar-refractivity contribution is 5.90. The topological polar surface area (TPSA) is 199 Å². The monoisotopic (exact) mass is 445 g/mol. The maximum absolute atomic E-state index is 11.4. The molecule has 1 amide bonds. The van der Waals surface area contributed by atoms with Gasteiger partial charge in [0.25, 0.3) is 11.9 Å². The van der Waals surface area contributed by atoms with E-state index in [1.54, 1.807) is 0 Å². The highest BCUT2D eigenvalue weighted by Gasteiger charge is 2.44. The number of hydrogen-bond donors (Lipinski definition) is 5. The van der Waals surface area contributed by atoms with E-state index >= 15 is 0 Å². The summed E-state index contributed by atoms with van der Waals surface area (Å²) in [6.45, 7) is -0.453. The Hall–Kier alpha value is -3.20. The lowest BCUT2D eigenvalue weighted by Gasteiger charge is -2.17. The van der Waals surface area contributed by atoms with Crippen molar-refractivity contribution < 1.29 is 24.9 Å². The predicted molar refractivity (Wildman–Crippen MR) is 108 cm³/mol. The SMILES string of the molecule is NC(=O)c1cn(-c2nc(NC3CCCC3)c3ncn(C4OC(CO)C(O)C4O)c3n2)nn1. The number of imidazole rings is 1. The van der Waals surface area contributed by atoms with Crippen molar-refractivity contribution in [3.63, 3.8) is 0 Å². The number of carbonyl (C=O) groups is 1. The molecule has 1 aliphatic carbocycles.